The maximum atomic E-state index is 7.24. The number of hydrogen-bond donors (Lipinski definition) is 0. The van der Waals surface area contributed by atoms with Crippen molar-refractivity contribution in [3.8, 4) is 0 Å². The van der Waals surface area contributed by atoms with Gasteiger partial charge in [0.15, 0.2) is 0 Å². The highest BCUT2D eigenvalue weighted by Gasteiger charge is 2.34. The van der Waals surface area contributed by atoms with Gasteiger partial charge in [-0.05, 0) is 55.3 Å². The van der Waals surface area contributed by atoms with Gasteiger partial charge in [0, 0.05) is 17.8 Å². The van der Waals surface area contributed by atoms with Crippen LogP contribution >= 0.6 is 11.6 Å². The molecule has 1 atom stereocenters. The van der Waals surface area contributed by atoms with Gasteiger partial charge >= 0.3 is 0 Å². The van der Waals surface area contributed by atoms with Crippen molar-refractivity contribution in [3.63, 3.8) is 0 Å². The quantitative estimate of drug-likeness (QED) is 0.333. The number of benzene rings is 3. The van der Waals surface area contributed by atoms with Gasteiger partial charge in [0.05, 0.1) is 0 Å². The van der Waals surface area contributed by atoms with E-state index in [1.807, 2.05) is 6.07 Å². The summed E-state index contributed by atoms with van der Waals surface area (Å²) in [4.78, 5) is 1.57. The molecule has 0 N–H and O–H groups in total. The Morgan fingerprint density at radius 3 is 1.75 bits per heavy atom. The topological polar surface area (TPSA) is 3.24 Å². The molecule has 1 aliphatic rings. The van der Waals surface area contributed by atoms with Crippen LogP contribution in [0.4, 0.5) is 11.4 Å². The molecule has 0 aliphatic heterocycles. The standard InChI is InChI=1S/C26H24ClN/c1-20-8-12-24(13-9-20)28(25-14-10-21(2)11-15-25)26(27)18-16-23(17-19-26)22-6-4-3-5-7-22/h3-18H,19H2,1-2H3. The molecule has 1 unspecified atom stereocenters. The lowest BCUT2D eigenvalue weighted by molar-refractivity contribution is 0.712. The zero-order valence-corrected chi connectivity index (χ0v) is 17.0. The molecule has 0 radical (unpaired) electrons. The minimum atomic E-state index is -0.650. The van der Waals surface area contributed by atoms with Crippen molar-refractivity contribution in [2.45, 2.75) is 25.3 Å². The van der Waals surface area contributed by atoms with E-state index >= 15 is 0 Å². The zero-order chi connectivity index (χ0) is 19.6. The smallest absolute Gasteiger partial charge is 0.141 e. The molecule has 0 spiro atoms. The van der Waals surface area contributed by atoms with Crippen LogP contribution < -0.4 is 4.90 Å². The Kier molecular flexibility index (Phi) is 5.11. The molecule has 0 saturated heterocycles. The third-order valence-corrected chi connectivity index (χ3v) is 5.64. The van der Waals surface area contributed by atoms with Crippen LogP contribution in [0.25, 0.3) is 5.57 Å². The van der Waals surface area contributed by atoms with Gasteiger partial charge in [-0.25, -0.2) is 0 Å². The monoisotopic (exact) mass is 385 g/mol. The highest BCUT2D eigenvalue weighted by molar-refractivity contribution is 6.28. The van der Waals surface area contributed by atoms with Crippen molar-refractivity contribution in [2.24, 2.45) is 0 Å². The fraction of sp³-hybridized carbons (Fsp3) is 0.154. The van der Waals surface area contributed by atoms with E-state index in [9.17, 15) is 0 Å². The van der Waals surface area contributed by atoms with Gasteiger partial charge in [0.1, 0.15) is 5.00 Å². The van der Waals surface area contributed by atoms with Crippen molar-refractivity contribution < 1.29 is 0 Å². The van der Waals surface area contributed by atoms with E-state index in [-0.39, 0.29) is 0 Å². The molecule has 2 heteroatoms. The van der Waals surface area contributed by atoms with Gasteiger partial charge in [0.2, 0.25) is 0 Å². The Bertz CT molecular complexity index is 955. The average molecular weight is 386 g/mol. The second kappa shape index (κ2) is 7.69. The largest absolute Gasteiger partial charge is 0.318 e. The van der Waals surface area contributed by atoms with Crippen LogP contribution in [0.1, 0.15) is 23.1 Å². The number of nitrogens with zero attached hydrogens (tertiary/aromatic N) is 1. The first-order chi connectivity index (χ1) is 13.5. The maximum Gasteiger partial charge on any atom is 0.141 e. The SMILES string of the molecule is Cc1ccc(N(c2ccc(C)cc2)C2(Cl)C=CC(c3ccccc3)=CC2)cc1. The van der Waals surface area contributed by atoms with E-state index in [0.717, 1.165) is 17.8 Å². The fourth-order valence-corrected chi connectivity index (χ4v) is 3.92. The highest BCUT2D eigenvalue weighted by Crippen LogP contribution is 2.42. The van der Waals surface area contributed by atoms with Crippen LogP contribution in [0.3, 0.4) is 0 Å². The van der Waals surface area contributed by atoms with Gasteiger partial charge in [0.25, 0.3) is 0 Å². The van der Waals surface area contributed by atoms with E-state index in [1.54, 1.807) is 0 Å². The molecule has 0 aromatic heterocycles. The Balaban J connectivity index is 1.72. The molecule has 3 aromatic rings. The molecular formula is C26H24ClN. The number of anilines is 2. The second-order valence-corrected chi connectivity index (χ2v) is 8.04. The van der Waals surface area contributed by atoms with E-state index in [1.165, 1.54) is 22.3 Å². The Hall–Kier alpha value is -2.77. The van der Waals surface area contributed by atoms with Crippen molar-refractivity contribution in [1.82, 2.24) is 0 Å². The van der Waals surface area contributed by atoms with E-state index in [4.69, 9.17) is 11.6 Å². The third kappa shape index (κ3) is 3.76. The van der Waals surface area contributed by atoms with E-state index in [0.29, 0.717) is 0 Å². The number of allylic oxidation sites excluding steroid dienone is 2. The van der Waals surface area contributed by atoms with Gasteiger partial charge in [-0.3, -0.25) is 0 Å². The lowest BCUT2D eigenvalue weighted by atomic mass is 9.95. The first-order valence-electron chi connectivity index (χ1n) is 9.62. The first kappa shape index (κ1) is 18.6. The highest BCUT2D eigenvalue weighted by atomic mass is 35.5. The summed E-state index contributed by atoms with van der Waals surface area (Å²) in [7, 11) is 0. The average Bonchev–Trinajstić information content (AvgIpc) is 2.72. The lowest BCUT2D eigenvalue weighted by Crippen LogP contribution is -2.40. The second-order valence-electron chi connectivity index (χ2n) is 7.39. The molecular weight excluding hydrogens is 362 g/mol. The predicted molar refractivity (Wildman–Crippen MR) is 121 cm³/mol. The van der Waals surface area contributed by atoms with Crippen LogP contribution in [-0.4, -0.2) is 5.00 Å². The summed E-state index contributed by atoms with van der Waals surface area (Å²) in [5.41, 5.74) is 7.08. The summed E-state index contributed by atoms with van der Waals surface area (Å²) < 4.78 is 0. The molecule has 0 saturated carbocycles. The molecule has 0 heterocycles. The Labute approximate surface area is 172 Å². The molecule has 28 heavy (non-hydrogen) atoms. The number of hydrogen-bond acceptors (Lipinski definition) is 1. The number of rotatable bonds is 4. The Morgan fingerprint density at radius 2 is 1.29 bits per heavy atom. The number of aryl methyl sites for hydroxylation is 2. The van der Waals surface area contributed by atoms with Crippen molar-refractivity contribution >= 4 is 28.5 Å². The van der Waals surface area contributed by atoms with Crippen molar-refractivity contribution in [1.29, 1.82) is 0 Å². The summed E-state index contributed by atoms with van der Waals surface area (Å²) in [6.45, 7) is 4.21. The maximum absolute atomic E-state index is 7.24. The van der Waals surface area contributed by atoms with Crippen LogP contribution in [0.2, 0.25) is 0 Å². The molecule has 3 aromatic carbocycles. The number of halogens is 1. The minimum Gasteiger partial charge on any atom is -0.318 e. The predicted octanol–water partition coefficient (Wildman–Crippen LogP) is 7.42. The van der Waals surface area contributed by atoms with Crippen LogP contribution in [-0.2, 0) is 0 Å². The summed E-state index contributed by atoms with van der Waals surface area (Å²) in [5.74, 6) is 0. The molecule has 0 bridgehead atoms. The van der Waals surface area contributed by atoms with Gasteiger partial charge in [-0.1, -0.05) is 89.5 Å². The van der Waals surface area contributed by atoms with Gasteiger partial charge < -0.3 is 4.90 Å². The fourth-order valence-electron chi connectivity index (χ4n) is 3.58. The molecule has 0 amide bonds. The van der Waals surface area contributed by atoms with Crippen LogP contribution in [0.5, 0.6) is 0 Å². The molecule has 0 fully saturated rings. The molecule has 4 rings (SSSR count). The summed E-state index contributed by atoms with van der Waals surface area (Å²) in [5, 5.41) is 0. The number of alkyl halides is 1. The normalized spacial score (nSPS) is 18.6. The summed E-state index contributed by atoms with van der Waals surface area (Å²) in [6.07, 6.45) is 7.21. The van der Waals surface area contributed by atoms with E-state index in [2.05, 4.69) is 110 Å². The van der Waals surface area contributed by atoms with E-state index < -0.39 is 5.00 Å². The van der Waals surface area contributed by atoms with Gasteiger partial charge in [-0.15, -0.1) is 0 Å². The lowest BCUT2D eigenvalue weighted by Gasteiger charge is -2.40. The third-order valence-electron chi connectivity index (χ3n) is 5.19. The first-order valence-corrected chi connectivity index (χ1v) is 10.0. The molecule has 140 valence electrons. The van der Waals surface area contributed by atoms with Crippen molar-refractivity contribution in [3.05, 3.63) is 114 Å². The Morgan fingerprint density at radius 1 is 0.750 bits per heavy atom. The summed E-state index contributed by atoms with van der Waals surface area (Å²) in [6, 6.07) is 27.5. The van der Waals surface area contributed by atoms with Crippen LogP contribution in [0, 0.1) is 13.8 Å². The molecule has 1 aliphatic carbocycles. The van der Waals surface area contributed by atoms with Gasteiger partial charge in [-0.2, -0.15) is 0 Å². The molecule has 1 nitrogen and oxygen atoms in total. The summed E-state index contributed by atoms with van der Waals surface area (Å²) >= 11 is 7.24. The van der Waals surface area contributed by atoms with Crippen LogP contribution in [0.15, 0.2) is 97.1 Å². The van der Waals surface area contributed by atoms with Crippen molar-refractivity contribution in [2.75, 3.05) is 4.90 Å². The zero-order valence-electron chi connectivity index (χ0n) is 16.3. The minimum absolute atomic E-state index is 0.650.